The van der Waals surface area contributed by atoms with Crippen LogP contribution in [-0.2, 0) is 13.5 Å². The summed E-state index contributed by atoms with van der Waals surface area (Å²) < 4.78 is 1.24. The zero-order valence-electron chi connectivity index (χ0n) is 11.1. The Kier molecular flexibility index (Phi) is 4.14. The number of hydrogen-bond acceptors (Lipinski definition) is 5. The molecule has 106 valence electrons. The monoisotopic (exact) mass is 294 g/mol. The molecular weight excluding hydrogens is 280 g/mol. The highest BCUT2D eigenvalue weighted by atomic mass is 32.1. The number of amides is 1. The molecule has 0 aromatic carbocycles. The van der Waals surface area contributed by atoms with E-state index in [1.165, 1.54) is 23.1 Å². The van der Waals surface area contributed by atoms with Gasteiger partial charge in [-0.2, -0.15) is 5.10 Å². The zero-order chi connectivity index (χ0) is 14.7. The van der Waals surface area contributed by atoms with Gasteiger partial charge in [-0.1, -0.05) is 13.3 Å². The first-order valence-electron chi connectivity index (χ1n) is 6.04. The minimum atomic E-state index is -1.19. The van der Waals surface area contributed by atoms with Crippen LogP contribution >= 0.6 is 11.3 Å². The predicted molar refractivity (Wildman–Crippen MR) is 74.2 cm³/mol. The Morgan fingerprint density at radius 3 is 2.85 bits per heavy atom. The van der Waals surface area contributed by atoms with E-state index in [0.29, 0.717) is 5.13 Å². The number of rotatable bonds is 5. The molecule has 20 heavy (non-hydrogen) atoms. The van der Waals surface area contributed by atoms with Crippen LogP contribution in [0.5, 0.6) is 0 Å². The SMILES string of the molecule is CCCc1cnc(NC(=O)c2c(C(=O)O)cnn2C)s1. The number of aromatic carboxylic acids is 1. The van der Waals surface area contributed by atoms with E-state index in [0.717, 1.165) is 23.9 Å². The summed E-state index contributed by atoms with van der Waals surface area (Å²) in [6, 6.07) is 0. The van der Waals surface area contributed by atoms with Gasteiger partial charge in [-0.3, -0.25) is 14.8 Å². The first kappa shape index (κ1) is 14.2. The standard InChI is InChI=1S/C12H14N4O3S/c1-3-4-7-5-13-12(20-7)15-10(17)9-8(11(18)19)6-14-16(9)2/h5-6H,3-4H2,1-2H3,(H,18,19)(H,13,15,17). The van der Waals surface area contributed by atoms with Gasteiger partial charge in [0.15, 0.2) is 5.13 Å². The second-order valence-electron chi connectivity index (χ2n) is 4.17. The lowest BCUT2D eigenvalue weighted by Gasteiger charge is -2.03. The molecule has 0 fully saturated rings. The van der Waals surface area contributed by atoms with E-state index in [9.17, 15) is 9.59 Å². The van der Waals surface area contributed by atoms with Crippen LogP contribution in [0.2, 0.25) is 0 Å². The van der Waals surface area contributed by atoms with Crippen molar-refractivity contribution in [1.29, 1.82) is 0 Å². The highest BCUT2D eigenvalue weighted by Gasteiger charge is 2.22. The molecule has 1 amide bonds. The number of aromatic nitrogens is 3. The third-order valence-corrected chi connectivity index (χ3v) is 3.63. The number of carbonyl (C=O) groups is 2. The number of nitrogens with zero attached hydrogens (tertiary/aromatic N) is 3. The summed E-state index contributed by atoms with van der Waals surface area (Å²) in [5.41, 5.74) is -0.125. The molecule has 8 heteroatoms. The van der Waals surface area contributed by atoms with Crippen molar-refractivity contribution in [2.24, 2.45) is 7.05 Å². The lowest BCUT2D eigenvalue weighted by molar-refractivity contribution is 0.0692. The number of carboxylic acid groups (broad SMARTS) is 1. The summed E-state index contributed by atoms with van der Waals surface area (Å²) in [4.78, 5) is 28.3. The van der Waals surface area contributed by atoms with E-state index >= 15 is 0 Å². The largest absolute Gasteiger partial charge is 0.478 e. The highest BCUT2D eigenvalue weighted by Crippen LogP contribution is 2.20. The maximum Gasteiger partial charge on any atom is 0.339 e. The van der Waals surface area contributed by atoms with Crippen molar-refractivity contribution in [2.45, 2.75) is 19.8 Å². The maximum absolute atomic E-state index is 12.1. The molecule has 7 nitrogen and oxygen atoms in total. The number of anilines is 1. The minimum absolute atomic E-state index is 0.00439. The summed E-state index contributed by atoms with van der Waals surface area (Å²) in [7, 11) is 1.52. The Morgan fingerprint density at radius 2 is 2.20 bits per heavy atom. The average Bonchev–Trinajstić information content (AvgIpc) is 2.96. The molecule has 0 saturated carbocycles. The van der Waals surface area contributed by atoms with Gasteiger partial charge in [-0.05, 0) is 6.42 Å². The number of thiazole rings is 1. The number of carbonyl (C=O) groups excluding carboxylic acids is 1. The van der Waals surface area contributed by atoms with Crippen LogP contribution in [0.25, 0.3) is 0 Å². The number of carboxylic acids is 1. The van der Waals surface area contributed by atoms with Crippen molar-refractivity contribution < 1.29 is 14.7 Å². The number of aryl methyl sites for hydroxylation is 2. The second-order valence-corrected chi connectivity index (χ2v) is 5.29. The van der Waals surface area contributed by atoms with Crippen LogP contribution in [0.4, 0.5) is 5.13 Å². The van der Waals surface area contributed by atoms with E-state index in [1.54, 1.807) is 6.20 Å². The van der Waals surface area contributed by atoms with Crippen LogP contribution in [0.15, 0.2) is 12.4 Å². The van der Waals surface area contributed by atoms with Crippen LogP contribution in [0, 0.1) is 0 Å². The third-order valence-electron chi connectivity index (χ3n) is 2.65. The van der Waals surface area contributed by atoms with Gasteiger partial charge in [0.2, 0.25) is 0 Å². The molecule has 0 atom stereocenters. The summed E-state index contributed by atoms with van der Waals surface area (Å²) in [6.07, 6.45) is 4.77. The molecule has 0 radical (unpaired) electrons. The Balaban J connectivity index is 2.19. The fourth-order valence-corrected chi connectivity index (χ4v) is 2.66. The number of hydrogen-bond donors (Lipinski definition) is 2. The topological polar surface area (TPSA) is 97.1 Å². The van der Waals surface area contributed by atoms with Gasteiger partial charge in [0, 0.05) is 18.1 Å². The maximum atomic E-state index is 12.1. The molecule has 0 spiro atoms. The molecule has 2 heterocycles. The van der Waals surface area contributed by atoms with Crippen LogP contribution < -0.4 is 5.32 Å². The molecule has 2 aromatic heterocycles. The smallest absolute Gasteiger partial charge is 0.339 e. The molecule has 0 saturated heterocycles. The summed E-state index contributed by atoms with van der Waals surface area (Å²) in [5, 5.41) is 15.9. The van der Waals surface area contributed by atoms with Crippen LogP contribution in [-0.4, -0.2) is 31.7 Å². The summed E-state index contributed by atoms with van der Waals surface area (Å²) in [5.74, 6) is -1.71. The second kappa shape index (κ2) is 5.83. The van der Waals surface area contributed by atoms with Crippen LogP contribution in [0.3, 0.4) is 0 Å². The van der Waals surface area contributed by atoms with E-state index in [2.05, 4.69) is 22.3 Å². The van der Waals surface area contributed by atoms with E-state index < -0.39 is 11.9 Å². The van der Waals surface area contributed by atoms with Gasteiger partial charge in [0.25, 0.3) is 5.91 Å². The quantitative estimate of drug-likeness (QED) is 0.876. The van der Waals surface area contributed by atoms with Gasteiger partial charge < -0.3 is 5.11 Å². The summed E-state index contributed by atoms with van der Waals surface area (Å²) in [6.45, 7) is 2.06. The van der Waals surface area contributed by atoms with Crippen molar-refractivity contribution in [1.82, 2.24) is 14.8 Å². The Bertz CT molecular complexity index is 647. The molecule has 0 aliphatic heterocycles. The minimum Gasteiger partial charge on any atom is -0.478 e. The van der Waals surface area contributed by atoms with Gasteiger partial charge in [0.05, 0.1) is 6.20 Å². The third kappa shape index (κ3) is 2.85. The molecule has 0 aliphatic carbocycles. The van der Waals surface area contributed by atoms with Crippen LogP contribution in [0.1, 0.15) is 39.1 Å². The first-order valence-corrected chi connectivity index (χ1v) is 6.86. The molecule has 0 aliphatic rings. The fraction of sp³-hybridized carbons (Fsp3) is 0.333. The van der Waals surface area contributed by atoms with Crippen molar-refractivity contribution >= 4 is 28.3 Å². The highest BCUT2D eigenvalue weighted by molar-refractivity contribution is 7.15. The van der Waals surface area contributed by atoms with Gasteiger partial charge in [0.1, 0.15) is 11.3 Å². The molecule has 0 unspecified atom stereocenters. The predicted octanol–water partition coefficient (Wildman–Crippen LogP) is 1.78. The lowest BCUT2D eigenvalue weighted by Crippen LogP contribution is -2.19. The van der Waals surface area contributed by atoms with Crippen molar-refractivity contribution in [2.75, 3.05) is 5.32 Å². The van der Waals surface area contributed by atoms with Gasteiger partial charge in [-0.15, -0.1) is 11.3 Å². The van der Waals surface area contributed by atoms with Crippen molar-refractivity contribution in [3.8, 4) is 0 Å². The van der Waals surface area contributed by atoms with Crippen molar-refractivity contribution in [3.63, 3.8) is 0 Å². The zero-order valence-corrected chi connectivity index (χ0v) is 11.9. The lowest BCUT2D eigenvalue weighted by atomic mass is 10.2. The molecule has 2 rings (SSSR count). The molecular formula is C12H14N4O3S. The van der Waals surface area contributed by atoms with E-state index in [1.807, 2.05) is 0 Å². The molecule has 0 bridgehead atoms. The fourth-order valence-electron chi connectivity index (χ4n) is 1.75. The number of nitrogens with one attached hydrogen (secondary N) is 1. The van der Waals surface area contributed by atoms with Crippen molar-refractivity contribution in [3.05, 3.63) is 28.5 Å². The normalized spacial score (nSPS) is 10.5. The Labute approximate surface area is 119 Å². The molecule has 2 N–H and O–H groups in total. The van der Waals surface area contributed by atoms with Gasteiger partial charge >= 0.3 is 5.97 Å². The Hall–Kier alpha value is -2.22. The molecule has 2 aromatic rings. The Morgan fingerprint density at radius 1 is 1.45 bits per heavy atom. The van der Waals surface area contributed by atoms with E-state index in [4.69, 9.17) is 5.11 Å². The summed E-state index contributed by atoms with van der Waals surface area (Å²) >= 11 is 1.38. The van der Waals surface area contributed by atoms with Gasteiger partial charge in [-0.25, -0.2) is 9.78 Å². The van der Waals surface area contributed by atoms with E-state index in [-0.39, 0.29) is 11.3 Å². The first-order chi connectivity index (χ1) is 9.52. The average molecular weight is 294 g/mol.